The van der Waals surface area contributed by atoms with Crippen molar-refractivity contribution in [3.63, 3.8) is 0 Å². The van der Waals surface area contributed by atoms with Crippen LogP contribution in [0.1, 0.15) is 25.1 Å². The summed E-state index contributed by atoms with van der Waals surface area (Å²) in [6, 6.07) is 10.1. The number of anilines is 2. The Balaban J connectivity index is 2.29. The number of nitrogen functional groups attached to an aromatic ring is 1. The maximum absolute atomic E-state index is 6.01. The van der Waals surface area contributed by atoms with Crippen LogP contribution >= 0.6 is 0 Å². The highest BCUT2D eigenvalue weighted by atomic mass is 15.3. The molecule has 0 amide bonds. The average Bonchev–Trinajstić information content (AvgIpc) is 2.37. The van der Waals surface area contributed by atoms with Crippen LogP contribution in [0.25, 0.3) is 0 Å². The second kappa shape index (κ2) is 5.69. The zero-order valence-electron chi connectivity index (χ0n) is 11.7. The molecule has 2 rings (SSSR count). The van der Waals surface area contributed by atoms with Gasteiger partial charge in [0.15, 0.2) is 0 Å². The molecule has 0 unspecified atom stereocenters. The number of para-hydroxylation sites is 1. The minimum atomic E-state index is 0.307. The van der Waals surface area contributed by atoms with Crippen molar-refractivity contribution >= 4 is 11.6 Å². The molecule has 0 atom stereocenters. The number of aromatic nitrogens is 2. The number of hydrogen-bond donors (Lipinski definition) is 1. The smallest absolute Gasteiger partial charge is 0.226 e. The predicted molar refractivity (Wildman–Crippen MR) is 78.9 cm³/mol. The maximum atomic E-state index is 6.01. The van der Waals surface area contributed by atoms with Gasteiger partial charge in [0, 0.05) is 30.2 Å². The first-order valence-corrected chi connectivity index (χ1v) is 6.47. The van der Waals surface area contributed by atoms with Crippen LogP contribution in [0.4, 0.5) is 11.6 Å². The van der Waals surface area contributed by atoms with Gasteiger partial charge >= 0.3 is 0 Å². The third kappa shape index (κ3) is 3.22. The molecule has 0 aliphatic rings. The van der Waals surface area contributed by atoms with Crippen molar-refractivity contribution in [2.45, 2.75) is 33.4 Å². The summed E-state index contributed by atoms with van der Waals surface area (Å²) in [7, 11) is 0. The molecule has 0 spiro atoms. The standard InChI is InChI=1S/C15H20N4/c1-11(2)19(15-17-9-8-12(3)18-15)10-13-6-4-5-7-14(13)16/h4-9,11H,10,16H2,1-3H3. The highest BCUT2D eigenvalue weighted by Crippen LogP contribution is 2.19. The highest BCUT2D eigenvalue weighted by Gasteiger charge is 2.15. The van der Waals surface area contributed by atoms with E-state index in [2.05, 4.69) is 28.7 Å². The summed E-state index contributed by atoms with van der Waals surface area (Å²) in [4.78, 5) is 11.0. The summed E-state index contributed by atoms with van der Waals surface area (Å²) in [6.45, 7) is 6.95. The van der Waals surface area contributed by atoms with Gasteiger partial charge in [0.05, 0.1) is 0 Å². The largest absolute Gasteiger partial charge is 0.398 e. The molecule has 2 N–H and O–H groups in total. The predicted octanol–water partition coefficient (Wildman–Crippen LogP) is 2.78. The van der Waals surface area contributed by atoms with Crippen LogP contribution in [0.15, 0.2) is 36.5 Å². The molecule has 0 saturated heterocycles. The molecule has 100 valence electrons. The third-order valence-electron chi connectivity index (χ3n) is 3.06. The van der Waals surface area contributed by atoms with Gasteiger partial charge in [-0.05, 0) is 38.5 Å². The Bertz CT molecular complexity index is 551. The Kier molecular flexibility index (Phi) is 4.00. The van der Waals surface area contributed by atoms with E-state index < -0.39 is 0 Å². The lowest BCUT2D eigenvalue weighted by Crippen LogP contribution is -2.32. The molecular formula is C15H20N4. The molecule has 0 bridgehead atoms. The molecule has 0 saturated carbocycles. The van der Waals surface area contributed by atoms with E-state index in [0.717, 1.165) is 22.9 Å². The van der Waals surface area contributed by atoms with E-state index in [4.69, 9.17) is 5.73 Å². The van der Waals surface area contributed by atoms with Gasteiger partial charge in [0.25, 0.3) is 0 Å². The van der Waals surface area contributed by atoms with Crippen LogP contribution in [-0.2, 0) is 6.54 Å². The molecular weight excluding hydrogens is 236 g/mol. The summed E-state index contributed by atoms with van der Waals surface area (Å²) in [5.74, 6) is 0.748. The average molecular weight is 256 g/mol. The minimum Gasteiger partial charge on any atom is -0.398 e. The molecule has 1 heterocycles. The Morgan fingerprint density at radius 1 is 1.21 bits per heavy atom. The molecule has 4 nitrogen and oxygen atoms in total. The summed E-state index contributed by atoms with van der Waals surface area (Å²) < 4.78 is 0. The number of hydrogen-bond acceptors (Lipinski definition) is 4. The lowest BCUT2D eigenvalue weighted by atomic mass is 10.1. The highest BCUT2D eigenvalue weighted by molar-refractivity contribution is 5.48. The second-order valence-corrected chi connectivity index (χ2v) is 4.92. The van der Waals surface area contributed by atoms with Crippen LogP contribution < -0.4 is 10.6 Å². The topological polar surface area (TPSA) is 55.0 Å². The zero-order chi connectivity index (χ0) is 13.8. The van der Waals surface area contributed by atoms with Gasteiger partial charge in [-0.1, -0.05) is 18.2 Å². The molecule has 4 heteroatoms. The summed E-state index contributed by atoms with van der Waals surface area (Å²) in [5, 5.41) is 0. The lowest BCUT2D eigenvalue weighted by molar-refractivity contribution is 0.660. The quantitative estimate of drug-likeness (QED) is 0.855. The molecule has 0 radical (unpaired) electrons. The van der Waals surface area contributed by atoms with Crippen molar-refractivity contribution in [1.29, 1.82) is 0 Å². The molecule has 0 fully saturated rings. The van der Waals surface area contributed by atoms with Gasteiger partial charge in [-0.3, -0.25) is 0 Å². The fourth-order valence-corrected chi connectivity index (χ4v) is 1.92. The Morgan fingerprint density at radius 2 is 1.95 bits per heavy atom. The van der Waals surface area contributed by atoms with E-state index in [1.165, 1.54) is 0 Å². The van der Waals surface area contributed by atoms with Crippen LogP contribution in [0.5, 0.6) is 0 Å². The summed E-state index contributed by atoms with van der Waals surface area (Å²) in [6.07, 6.45) is 1.79. The Labute approximate surface area is 114 Å². The van der Waals surface area contributed by atoms with E-state index >= 15 is 0 Å². The molecule has 2 aromatic rings. The Hall–Kier alpha value is -2.10. The van der Waals surface area contributed by atoms with Crippen LogP contribution in [0.2, 0.25) is 0 Å². The first-order chi connectivity index (χ1) is 9.08. The molecule has 0 aliphatic heterocycles. The normalized spacial score (nSPS) is 10.7. The van der Waals surface area contributed by atoms with Gasteiger partial charge in [0.2, 0.25) is 5.95 Å². The lowest BCUT2D eigenvalue weighted by Gasteiger charge is -2.27. The van der Waals surface area contributed by atoms with E-state index in [1.807, 2.05) is 37.3 Å². The van der Waals surface area contributed by atoms with E-state index in [9.17, 15) is 0 Å². The minimum absolute atomic E-state index is 0.307. The SMILES string of the molecule is Cc1ccnc(N(Cc2ccccc2N)C(C)C)n1. The monoisotopic (exact) mass is 256 g/mol. The van der Waals surface area contributed by atoms with Gasteiger partial charge < -0.3 is 10.6 Å². The fourth-order valence-electron chi connectivity index (χ4n) is 1.92. The van der Waals surface area contributed by atoms with Crippen molar-refractivity contribution in [1.82, 2.24) is 9.97 Å². The number of aryl methyl sites for hydroxylation is 1. The van der Waals surface area contributed by atoms with E-state index in [1.54, 1.807) is 6.20 Å². The van der Waals surface area contributed by atoms with Crippen molar-refractivity contribution < 1.29 is 0 Å². The fraction of sp³-hybridized carbons (Fsp3) is 0.333. The number of nitrogens with zero attached hydrogens (tertiary/aromatic N) is 3. The third-order valence-corrected chi connectivity index (χ3v) is 3.06. The second-order valence-electron chi connectivity index (χ2n) is 4.92. The first kappa shape index (κ1) is 13.3. The molecule has 19 heavy (non-hydrogen) atoms. The van der Waals surface area contributed by atoms with Gasteiger partial charge in [-0.15, -0.1) is 0 Å². The molecule has 0 aliphatic carbocycles. The number of nitrogens with two attached hydrogens (primary N) is 1. The van der Waals surface area contributed by atoms with Crippen molar-refractivity contribution in [2.75, 3.05) is 10.6 Å². The van der Waals surface area contributed by atoms with Crippen LogP contribution in [0, 0.1) is 6.92 Å². The van der Waals surface area contributed by atoms with E-state index in [0.29, 0.717) is 12.6 Å². The zero-order valence-corrected chi connectivity index (χ0v) is 11.7. The number of benzene rings is 1. The van der Waals surface area contributed by atoms with Crippen LogP contribution in [0.3, 0.4) is 0 Å². The van der Waals surface area contributed by atoms with Gasteiger partial charge in [-0.25, -0.2) is 9.97 Å². The summed E-state index contributed by atoms with van der Waals surface area (Å²) >= 11 is 0. The van der Waals surface area contributed by atoms with Gasteiger partial charge in [0.1, 0.15) is 0 Å². The van der Waals surface area contributed by atoms with Crippen molar-refractivity contribution in [3.05, 3.63) is 47.8 Å². The van der Waals surface area contributed by atoms with Crippen LogP contribution in [-0.4, -0.2) is 16.0 Å². The number of rotatable bonds is 4. The molecule has 1 aromatic carbocycles. The molecule has 1 aromatic heterocycles. The summed E-state index contributed by atoms with van der Waals surface area (Å²) in [5.41, 5.74) is 8.88. The maximum Gasteiger partial charge on any atom is 0.226 e. The van der Waals surface area contributed by atoms with Crippen molar-refractivity contribution in [3.8, 4) is 0 Å². The van der Waals surface area contributed by atoms with Gasteiger partial charge in [-0.2, -0.15) is 0 Å². The van der Waals surface area contributed by atoms with Crippen molar-refractivity contribution in [2.24, 2.45) is 0 Å². The first-order valence-electron chi connectivity index (χ1n) is 6.47. The van der Waals surface area contributed by atoms with E-state index in [-0.39, 0.29) is 0 Å². The Morgan fingerprint density at radius 3 is 2.58 bits per heavy atom.